The monoisotopic (exact) mass is 364 g/mol. The highest BCUT2D eigenvalue weighted by atomic mass is 32.1. The lowest BCUT2D eigenvalue weighted by Crippen LogP contribution is -2.06. The van der Waals surface area contributed by atoms with Crippen molar-refractivity contribution in [1.29, 1.82) is 0 Å². The number of rotatable bonds is 4. The maximum atomic E-state index is 10.4. The molecule has 1 aromatic carbocycles. The van der Waals surface area contributed by atoms with Crippen molar-refractivity contribution in [2.24, 2.45) is 0 Å². The number of thiazole rings is 1. The summed E-state index contributed by atoms with van der Waals surface area (Å²) in [6.45, 7) is 4.35. The van der Waals surface area contributed by atoms with Crippen LogP contribution in [0.4, 0.5) is 5.95 Å². The fourth-order valence-electron chi connectivity index (χ4n) is 2.51. The van der Waals surface area contributed by atoms with E-state index in [1.54, 1.807) is 23.6 Å². The lowest BCUT2D eigenvalue weighted by molar-refractivity contribution is 0.480. The number of nitrogens with zero attached hydrogens (tertiary/aromatic N) is 5. The predicted octanol–water partition coefficient (Wildman–Crippen LogP) is 3.48. The summed E-state index contributed by atoms with van der Waals surface area (Å²) < 4.78 is 0. The molecule has 0 aliphatic carbocycles. The van der Waals surface area contributed by atoms with Gasteiger partial charge in [0, 0.05) is 28.2 Å². The van der Waals surface area contributed by atoms with Crippen LogP contribution in [0.2, 0.25) is 0 Å². The van der Waals surface area contributed by atoms with Crippen molar-refractivity contribution < 1.29 is 5.11 Å². The molecular formula is C18H16N6OS. The number of phenolic OH excluding ortho intramolecular Hbond substituents is 1. The summed E-state index contributed by atoms with van der Waals surface area (Å²) in [5.74, 6) is 0.527. The molecule has 3 heterocycles. The Bertz CT molecular complexity index is 1080. The van der Waals surface area contributed by atoms with Crippen molar-refractivity contribution in [2.45, 2.75) is 20.4 Å². The molecule has 0 spiro atoms. The Morgan fingerprint density at radius 2 is 1.96 bits per heavy atom. The van der Waals surface area contributed by atoms with Gasteiger partial charge in [-0.1, -0.05) is 0 Å². The zero-order valence-corrected chi connectivity index (χ0v) is 15.1. The number of phenols is 1. The molecule has 0 bridgehead atoms. The van der Waals surface area contributed by atoms with E-state index in [0.29, 0.717) is 18.0 Å². The largest absolute Gasteiger partial charge is 0.506 e. The fraction of sp³-hybridized carbons (Fsp3) is 0.167. The molecule has 3 aromatic heterocycles. The van der Waals surface area contributed by atoms with Crippen LogP contribution >= 0.6 is 11.3 Å². The van der Waals surface area contributed by atoms with Crippen molar-refractivity contribution >= 4 is 28.2 Å². The van der Waals surface area contributed by atoms with E-state index in [1.807, 2.05) is 38.2 Å². The van der Waals surface area contributed by atoms with Gasteiger partial charge in [0.15, 0.2) is 0 Å². The van der Waals surface area contributed by atoms with Crippen molar-refractivity contribution in [3.05, 3.63) is 52.9 Å². The summed E-state index contributed by atoms with van der Waals surface area (Å²) in [7, 11) is 0. The number of anilines is 1. The minimum absolute atomic E-state index is 0.103. The van der Waals surface area contributed by atoms with Gasteiger partial charge in [-0.25, -0.2) is 15.0 Å². The Balaban J connectivity index is 1.60. The molecule has 7 nitrogen and oxygen atoms in total. The molecule has 8 heteroatoms. The quantitative estimate of drug-likeness (QED) is 0.572. The summed E-state index contributed by atoms with van der Waals surface area (Å²) in [6, 6.07) is 7.42. The molecule has 0 aliphatic heterocycles. The third-order valence-corrected chi connectivity index (χ3v) is 4.77. The lowest BCUT2D eigenvalue weighted by Gasteiger charge is -2.07. The summed E-state index contributed by atoms with van der Waals surface area (Å²) in [6.07, 6.45) is 3.51. The van der Waals surface area contributed by atoms with Crippen LogP contribution in [0.5, 0.6) is 5.75 Å². The Morgan fingerprint density at radius 1 is 1.08 bits per heavy atom. The Hall–Kier alpha value is -3.13. The highest BCUT2D eigenvalue weighted by molar-refractivity contribution is 7.14. The van der Waals surface area contributed by atoms with Gasteiger partial charge in [-0.15, -0.1) is 11.3 Å². The van der Waals surface area contributed by atoms with Gasteiger partial charge in [0.2, 0.25) is 5.95 Å². The zero-order chi connectivity index (χ0) is 18.1. The maximum absolute atomic E-state index is 10.4. The van der Waals surface area contributed by atoms with Crippen LogP contribution in [-0.4, -0.2) is 30.3 Å². The van der Waals surface area contributed by atoms with Crippen molar-refractivity contribution in [3.63, 3.8) is 0 Å². The number of benzene rings is 1. The summed E-state index contributed by atoms with van der Waals surface area (Å²) in [5.41, 5.74) is 3.01. The van der Waals surface area contributed by atoms with E-state index in [4.69, 9.17) is 0 Å². The minimum Gasteiger partial charge on any atom is -0.506 e. The summed E-state index contributed by atoms with van der Waals surface area (Å²) in [4.78, 5) is 14.2. The highest BCUT2D eigenvalue weighted by Gasteiger charge is 2.10. The van der Waals surface area contributed by atoms with Gasteiger partial charge >= 0.3 is 0 Å². The standard InChI is InChI=1S/C18H16N6OS/c1-10-3-4-14(24-23-10)9-21-18-20-8-13-5-12(6-15(25)16(13)22-18)17-19-7-11(2)26-17/h3-8,25H,9H2,1-2H3,(H,20,21,22). The first-order valence-corrected chi connectivity index (χ1v) is 8.86. The first kappa shape index (κ1) is 16.3. The first-order valence-electron chi connectivity index (χ1n) is 8.04. The SMILES string of the molecule is Cc1ccc(CNc2ncc3cc(-c4ncc(C)s4)cc(O)c3n2)nn1. The molecule has 130 valence electrons. The van der Waals surface area contributed by atoms with Gasteiger partial charge in [-0.3, -0.25) is 0 Å². The normalized spacial score (nSPS) is 11.0. The maximum Gasteiger partial charge on any atom is 0.223 e. The molecule has 0 saturated carbocycles. The van der Waals surface area contributed by atoms with Crippen LogP contribution in [0.15, 0.2) is 36.7 Å². The topological polar surface area (TPSA) is 96.7 Å². The van der Waals surface area contributed by atoms with Crippen LogP contribution in [0.3, 0.4) is 0 Å². The number of aromatic nitrogens is 5. The van der Waals surface area contributed by atoms with E-state index in [-0.39, 0.29) is 5.75 Å². The second-order valence-corrected chi connectivity index (χ2v) is 7.16. The van der Waals surface area contributed by atoms with E-state index in [2.05, 4.69) is 30.5 Å². The summed E-state index contributed by atoms with van der Waals surface area (Å²) in [5, 5.41) is 23.2. The molecule has 0 atom stereocenters. The summed E-state index contributed by atoms with van der Waals surface area (Å²) >= 11 is 1.58. The molecule has 0 aliphatic rings. The van der Waals surface area contributed by atoms with E-state index >= 15 is 0 Å². The first-order chi connectivity index (χ1) is 12.6. The molecule has 4 aromatic rings. The number of hydrogen-bond acceptors (Lipinski definition) is 8. The number of aromatic hydroxyl groups is 1. The van der Waals surface area contributed by atoms with Gasteiger partial charge in [-0.2, -0.15) is 10.2 Å². The minimum atomic E-state index is 0.103. The van der Waals surface area contributed by atoms with E-state index in [9.17, 15) is 5.11 Å². The van der Waals surface area contributed by atoms with E-state index < -0.39 is 0 Å². The second-order valence-electron chi connectivity index (χ2n) is 5.92. The zero-order valence-electron chi connectivity index (χ0n) is 14.3. The van der Waals surface area contributed by atoms with Gasteiger partial charge < -0.3 is 10.4 Å². The number of nitrogens with one attached hydrogen (secondary N) is 1. The Labute approximate surface area is 153 Å². The third-order valence-electron chi connectivity index (χ3n) is 3.81. The number of hydrogen-bond donors (Lipinski definition) is 2. The van der Waals surface area contributed by atoms with Gasteiger partial charge in [-0.05, 0) is 38.1 Å². The van der Waals surface area contributed by atoms with Crippen LogP contribution in [0.1, 0.15) is 16.3 Å². The van der Waals surface area contributed by atoms with Crippen molar-refractivity contribution in [1.82, 2.24) is 25.1 Å². The van der Waals surface area contributed by atoms with Gasteiger partial charge in [0.25, 0.3) is 0 Å². The molecule has 26 heavy (non-hydrogen) atoms. The third kappa shape index (κ3) is 3.31. The van der Waals surface area contributed by atoms with Crippen molar-refractivity contribution in [3.8, 4) is 16.3 Å². The molecular weight excluding hydrogens is 348 g/mol. The van der Waals surface area contributed by atoms with Gasteiger partial charge in [0.05, 0.1) is 17.9 Å². The van der Waals surface area contributed by atoms with Crippen LogP contribution < -0.4 is 5.32 Å². The lowest BCUT2D eigenvalue weighted by atomic mass is 10.1. The fourth-order valence-corrected chi connectivity index (χ4v) is 3.27. The van der Waals surface area contributed by atoms with Crippen molar-refractivity contribution in [2.75, 3.05) is 5.32 Å². The average Bonchev–Trinajstić information content (AvgIpc) is 3.08. The van der Waals surface area contributed by atoms with Gasteiger partial charge in [0.1, 0.15) is 16.3 Å². The van der Waals surface area contributed by atoms with Crippen LogP contribution in [-0.2, 0) is 6.54 Å². The second kappa shape index (κ2) is 6.64. The predicted molar refractivity (Wildman–Crippen MR) is 101 cm³/mol. The Morgan fingerprint density at radius 3 is 2.69 bits per heavy atom. The average molecular weight is 364 g/mol. The molecule has 0 unspecified atom stereocenters. The van der Waals surface area contributed by atoms with Crippen LogP contribution in [0.25, 0.3) is 21.5 Å². The molecule has 0 amide bonds. The molecule has 4 rings (SSSR count). The molecule has 2 N–H and O–H groups in total. The number of fused-ring (bicyclic) bond motifs is 1. The Kier molecular flexibility index (Phi) is 4.18. The molecule has 0 saturated heterocycles. The van der Waals surface area contributed by atoms with E-state index in [1.165, 1.54) is 0 Å². The number of aryl methyl sites for hydroxylation is 2. The molecule has 0 radical (unpaired) electrons. The smallest absolute Gasteiger partial charge is 0.223 e. The molecule has 0 fully saturated rings. The van der Waals surface area contributed by atoms with Crippen LogP contribution in [0, 0.1) is 13.8 Å². The highest BCUT2D eigenvalue weighted by Crippen LogP contribution is 2.32. The van der Waals surface area contributed by atoms with E-state index in [0.717, 1.165) is 32.2 Å².